The number of carbonyl (C=O) groups is 1. The highest BCUT2D eigenvalue weighted by Crippen LogP contribution is 2.63. The Hall–Kier alpha value is -1.11. The minimum Gasteiger partial charge on any atom is -0.465 e. The van der Waals surface area contributed by atoms with E-state index in [4.69, 9.17) is 22.1 Å². The van der Waals surface area contributed by atoms with Gasteiger partial charge in [0.25, 0.3) is 0 Å². The highest BCUT2D eigenvalue weighted by atomic mass is 35.5. The standard InChI is InChI=1S/C15H20ClNO4S/c1-3-21-14(18)15(9-17)12(13(15)22(19,20)4-2)10-6-5-7-11(16)8-10/h5-8,12-13H,3-4,9,17H2,1-2H3/t12-,13+,15+/m1/s1. The van der Waals surface area contributed by atoms with Crippen molar-refractivity contribution in [2.24, 2.45) is 11.1 Å². The number of benzene rings is 1. The Morgan fingerprint density at radius 1 is 1.41 bits per heavy atom. The van der Waals surface area contributed by atoms with E-state index in [1.807, 2.05) is 0 Å². The summed E-state index contributed by atoms with van der Waals surface area (Å²) in [6, 6.07) is 6.88. The highest BCUT2D eigenvalue weighted by molar-refractivity contribution is 7.92. The van der Waals surface area contributed by atoms with Gasteiger partial charge < -0.3 is 10.5 Å². The third-order valence-corrected chi connectivity index (χ3v) is 6.75. The topological polar surface area (TPSA) is 86.5 Å². The Balaban J connectivity index is 2.52. The van der Waals surface area contributed by atoms with E-state index < -0.39 is 32.4 Å². The first-order chi connectivity index (χ1) is 10.3. The molecule has 0 spiro atoms. The van der Waals surface area contributed by atoms with Crippen molar-refractivity contribution in [1.82, 2.24) is 0 Å². The molecule has 1 aromatic rings. The van der Waals surface area contributed by atoms with Gasteiger partial charge in [0.05, 0.1) is 11.9 Å². The molecule has 1 fully saturated rings. The van der Waals surface area contributed by atoms with Gasteiger partial charge in [0.1, 0.15) is 5.41 Å². The number of rotatable bonds is 6. The first-order valence-electron chi connectivity index (χ1n) is 7.19. The van der Waals surface area contributed by atoms with Crippen LogP contribution >= 0.6 is 11.6 Å². The number of nitrogens with two attached hydrogens (primary N) is 1. The number of halogens is 1. The van der Waals surface area contributed by atoms with E-state index in [-0.39, 0.29) is 18.9 Å². The smallest absolute Gasteiger partial charge is 0.315 e. The van der Waals surface area contributed by atoms with Crippen LogP contribution in [0.2, 0.25) is 5.02 Å². The van der Waals surface area contributed by atoms with Crippen molar-refractivity contribution in [2.45, 2.75) is 25.0 Å². The normalized spacial score (nSPS) is 27.5. The van der Waals surface area contributed by atoms with Crippen LogP contribution < -0.4 is 5.73 Å². The van der Waals surface area contributed by atoms with Crippen LogP contribution in [-0.4, -0.2) is 38.5 Å². The third-order valence-electron chi connectivity index (χ3n) is 4.25. The molecule has 1 aliphatic rings. The molecule has 0 aromatic heterocycles. The Morgan fingerprint density at radius 2 is 2.09 bits per heavy atom. The molecular formula is C15H20ClNO4S. The lowest BCUT2D eigenvalue weighted by Gasteiger charge is -2.14. The monoisotopic (exact) mass is 345 g/mol. The number of sulfone groups is 1. The van der Waals surface area contributed by atoms with Gasteiger partial charge in [-0.25, -0.2) is 8.42 Å². The molecule has 2 N–H and O–H groups in total. The van der Waals surface area contributed by atoms with Crippen molar-refractivity contribution >= 4 is 27.4 Å². The Bertz CT molecular complexity index is 676. The Labute approximate surface area is 135 Å². The lowest BCUT2D eigenvalue weighted by atomic mass is 9.99. The van der Waals surface area contributed by atoms with Gasteiger partial charge in [-0.3, -0.25) is 4.79 Å². The predicted molar refractivity (Wildman–Crippen MR) is 85.6 cm³/mol. The zero-order valence-corrected chi connectivity index (χ0v) is 14.2. The summed E-state index contributed by atoms with van der Waals surface area (Å²) in [5, 5.41) is -0.362. The van der Waals surface area contributed by atoms with Gasteiger partial charge >= 0.3 is 5.97 Å². The molecule has 2 rings (SSSR count). The van der Waals surface area contributed by atoms with E-state index in [1.165, 1.54) is 0 Å². The predicted octanol–water partition coefficient (Wildman–Crippen LogP) is 1.75. The van der Waals surface area contributed by atoms with Gasteiger partial charge in [0.15, 0.2) is 9.84 Å². The Morgan fingerprint density at radius 3 is 2.59 bits per heavy atom. The largest absolute Gasteiger partial charge is 0.465 e. The molecule has 22 heavy (non-hydrogen) atoms. The van der Waals surface area contributed by atoms with E-state index in [1.54, 1.807) is 38.1 Å². The second kappa shape index (κ2) is 6.18. The fourth-order valence-electron chi connectivity index (χ4n) is 3.12. The second-order valence-electron chi connectivity index (χ2n) is 5.37. The average molecular weight is 346 g/mol. The van der Waals surface area contributed by atoms with Crippen molar-refractivity contribution in [3.63, 3.8) is 0 Å². The maximum Gasteiger partial charge on any atom is 0.315 e. The molecule has 1 aliphatic carbocycles. The minimum atomic E-state index is -3.44. The lowest BCUT2D eigenvalue weighted by Crippen LogP contribution is -2.34. The number of carbonyl (C=O) groups excluding carboxylic acids is 1. The Kier molecular flexibility index (Phi) is 4.84. The van der Waals surface area contributed by atoms with Crippen LogP contribution in [0.5, 0.6) is 0 Å². The van der Waals surface area contributed by atoms with Crippen molar-refractivity contribution in [3.8, 4) is 0 Å². The van der Waals surface area contributed by atoms with Crippen molar-refractivity contribution in [1.29, 1.82) is 0 Å². The zero-order valence-electron chi connectivity index (χ0n) is 12.6. The maximum absolute atomic E-state index is 12.4. The van der Waals surface area contributed by atoms with Crippen LogP contribution in [-0.2, 0) is 19.4 Å². The summed E-state index contributed by atoms with van der Waals surface area (Å²) in [5.41, 5.74) is 5.30. The maximum atomic E-state index is 12.4. The van der Waals surface area contributed by atoms with E-state index in [2.05, 4.69) is 0 Å². The molecule has 0 radical (unpaired) electrons. The number of hydrogen-bond donors (Lipinski definition) is 1. The number of ether oxygens (including phenoxy) is 1. The molecular weight excluding hydrogens is 326 g/mol. The van der Waals surface area contributed by atoms with Crippen LogP contribution in [0.3, 0.4) is 0 Å². The van der Waals surface area contributed by atoms with Gasteiger partial charge in [-0.1, -0.05) is 30.7 Å². The van der Waals surface area contributed by atoms with Gasteiger partial charge in [0.2, 0.25) is 0 Å². The van der Waals surface area contributed by atoms with Crippen molar-refractivity contribution in [3.05, 3.63) is 34.9 Å². The summed E-state index contributed by atoms with van der Waals surface area (Å²) < 4.78 is 29.9. The average Bonchev–Trinajstić information content (AvgIpc) is 3.19. The van der Waals surface area contributed by atoms with Gasteiger partial charge in [-0.05, 0) is 24.6 Å². The fraction of sp³-hybridized carbons (Fsp3) is 0.533. The molecule has 0 saturated heterocycles. The van der Waals surface area contributed by atoms with E-state index in [0.29, 0.717) is 10.6 Å². The van der Waals surface area contributed by atoms with Crippen LogP contribution in [0, 0.1) is 5.41 Å². The summed E-state index contributed by atoms with van der Waals surface area (Å²) in [5.74, 6) is -1.11. The molecule has 1 aromatic carbocycles. The first kappa shape index (κ1) is 17.2. The second-order valence-corrected chi connectivity index (χ2v) is 8.22. The summed E-state index contributed by atoms with van der Waals surface area (Å²) in [7, 11) is -3.44. The van der Waals surface area contributed by atoms with Crippen LogP contribution in [0.15, 0.2) is 24.3 Å². The molecule has 0 unspecified atom stereocenters. The van der Waals surface area contributed by atoms with Crippen LogP contribution in [0.25, 0.3) is 0 Å². The third kappa shape index (κ3) is 2.64. The van der Waals surface area contributed by atoms with Gasteiger partial charge in [-0.2, -0.15) is 0 Å². The summed E-state index contributed by atoms with van der Waals surface area (Å²) in [6.45, 7) is 3.35. The van der Waals surface area contributed by atoms with Crippen molar-refractivity contribution in [2.75, 3.05) is 18.9 Å². The number of esters is 1. The lowest BCUT2D eigenvalue weighted by molar-refractivity contribution is -0.149. The summed E-state index contributed by atoms with van der Waals surface area (Å²) in [4.78, 5) is 12.4. The molecule has 1 saturated carbocycles. The highest BCUT2D eigenvalue weighted by Gasteiger charge is 2.75. The molecule has 0 heterocycles. The van der Waals surface area contributed by atoms with Gasteiger partial charge in [-0.15, -0.1) is 0 Å². The summed E-state index contributed by atoms with van der Waals surface area (Å²) >= 11 is 5.99. The van der Waals surface area contributed by atoms with Crippen LogP contribution in [0.4, 0.5) is 0 Å². The SMILES string of the molecule is CCOC(=O)[C@@]1(CN)[C@H](c2cccc(Cl)c2)[C@@H]1S(=O)(=O)CC. The van der Waals surface area contributed by atoms with Crippen molar-refractivity contribution < 1.29 is 17.9 Å². The molecule has 5 nitrogen and oxygen atoms in total. The zero-order chi connectivity index (χ0) is 16.5. The van der Waals surface area contributed by atoms with E-state index in [0.717, 1.165) is 0 Å². The quantitative estimate of drug-likeness (QED) is 0.794. The number of hydrogen-bond acceptors (Lipinski definition) is 5. The first-order valence-corrected chi connectivity index (χ1v) is 9.28. The molecule has 122 valence electrons. The summed E-state index contributed by atoms with van der Waals surface area (Å²) in [6.07, 6.45) is 0. The van der Waals surface area contributed by atoms with Crippen LogP contribution in [0.1, 0.15) is 25.3 Å². The molecule has 0 bridgehead atoms. The fourth-order valence-corrected chi connectivity index (χ4v) is 5.39. The molecule has 7 heteroatoms. The molecule has 0 aliphatic heterocycles. The van der Waals surface area contributed by atoms with E-state index >= 15 is 0 Å². The minimum absolute atomic E-state index is 0.0457. The molecule has 0 amide bonds. The molecule has 3 atom stereocenters. The van der Waals surface area contributed by atoms with Gasteiger partial charge in [0, 0.05) is 23.2 Å². The van der Waals surface area contributed by atoms with E-state index in [9.17, 15) is 13.2 Å².